The minimum Gasteiger partial charge on any atom is -0.355 e. The normalized spacial score (nSPS) is 16.4. The third-order valence-electron chi connectivity index (χ3n) is 7.67. The number of nitrogens with one attached hydrogen (secondary N) is 1. The van der Waals surface area contributed by atoms with Gasteiger partial charge in [0.25, 0.3) is 5.91 Å². The van der Waals surface area contributed by atoms with E-state index in [4.69, 9.17) is 16.6 Å². The first-order valence-corrected chi connectivity index (χ1v) is 13.4. The fourth-order valence-corrected chi connectivity index (χ4v) is 5.63. The van der Waals surface area contributed by atoms with Crippen molar-refractivity contribution < 1.29 is 4.79 Å². The van der Waals surface area contributed by atoms with E-state index in [2.05, 4.69) is 61.7 Å². The van der Waals surface area contributed by atoms with Gasteiger partial charge in [-0.1, -0.05) is 17.7 Å². The predicted molar refractivity (Wildman–Crippen MR) is 147 cm³/mol. The molecule has 3 aromatic heterocycles. The second kappa shape index (κ2) is 10.0. The summed E-state index contributed by atoms with van der Waals surface area (Å²) in [4.78, 5) is 22.6. The second-order valence-corrected chi connectivity index (χ2v) is 11.3. The van der Waals surface area contributed by atoms with Gasteiger partial charge < -0.3 is 10.2 Å². The van der Waals surface area contributed by atoms with Crippen LogP contribution in [0.3, 0.4) is 0 Å². The Balaban J connectivity index is 1.05. The van der Waals surface area contributed by atoms with Gasteiger partial charge in [0.15, 0.2) is 0 Å². The van der Waals surface area contributed by atoms with Crippen LogP contribution in [0.4, 0.5) is 5.82 Å². The van der Waals surface area contributed by atoms with Crippen LogP contribution >= 0.6 is 11.6 Å². The molecule has 2 saturated heterocycles. The molecule has 11 nitrogen and oxygen atoms in total. The fraction of sp³-hybridized carbons (Fsp3) is 0.407. The van der Waals surface area contributed by atoms with E-state index in [1.807, 2.05) is 13.0 Å². The van der Waals surface area contributed by atoms with Gasteiger partial charge in [-0.15, -0.1) is 5.10 Å². The molecule has 2 fully saturated rings. The summed E-state index contributed by atoms with van der Waals surface area (Å²) in [6, 6.07) is 10.2. The van der Waals surface area contributed by atoms with Crippen LogP contribution in [0.1, 0.15) is 41.0 Å². The molecule has 1 amide bonds. The molecule has 2 aliphatic rings. The highest BCUT2D eigenvalue weighted by atomic mass is 35.5. The number of carbonyl (C=O) groups excluding carboxylic acids is 1. The summed E-state index contributed by atoms with van der Waals surface area (Å²) < 4.78 is 3.29. The summed E-state index contributed by atoms with van der Waals surface area (Å²) >= 11 is 6.18. The largest absolute Gasteiger partial charge is 0.355 e. The van der Waals surface area contributed by atoms with Gasteiger partial charge in [0.2, 0.25) is 0 Å². The van der Waals surface area contributed by atoms with Gasteiger partial charge in [0, 0.05) is 61.1 Å². The molecule has 0 saturated carbocycles. The van der Waals surface area contributed by atoms with Crippen LogP contribution in [0.25, 0.3) is 5.69 Å². The molecule has 0 radical (unpaired) electrons. The first-order valence-electron chi connectivity index (χ1n) is 13.1. The van der Waals surface area contributed by atoms with E-state index < -0.39 is 0 Å². The molecular formula is C27H31ClN10O. The first-order chi connectivity index (χ1) is 18.8. The smallest absolute Gasteiger partial charge is 0.254 e. The van der Waals surface area contributed by atoms with Gasteiger partial charge in [0.05, 0.1) is 24.0 Å². The number of carbonyl (C=O) groups is 1. The molecule has 202 valence electrons. The number of hydrogen-bond acceptors (Lipinski definition) is 8. The quantitative estimate of drug-likeness (QED) is 0.359. The lowest BCUT2D eigenvalue weighted by Gasteiger charge is -2.61. The SMILES string of the molecule is Cc1nc(N2CC3(C2)CN(C(C)C)C3)ccc1Cn1cc(C(=O)NCc2cc(Cl)ccc2-n2cnnn2)cn1. The molecule has 12 heteroatoms. The summed E-state index contributed by atoms with van der Waals surface area (Å²) in [5.74, 6) is 0.806. The topological polar surface area (TPSA) is 110 Å². The van der Waals surface area contributed by atoms with Crippen molar-refractivity contribution in [2.45, 2.75) is 39.9 Å². The van der Waals surface area contributed by atoms with Crippen molar-refractivity contribution in [1.82, 2.24) is 45.2 Å². The minimum absolute atomic E-state index is 0.229. The third kappa shape index (κ3) is 5.11. The van der Waals surface area contributed by atoms with Crippen molar-refractivity contribution in [3.63, 3.8) is 0 Å². The molecule has 0 unspecified atom stereocenters. The maximum atomic E-state index is 12.9. The van der Waals surface area contributed by atoms with Crippen LogP contribution in [0, 0.1) is 12.3 Å². The Labute approximate surface area is 231 Å². The van der Waals surface area contributed by atoms with Crippen LogP contribution in [0.5, 0.6) is 0 Å². The molecule has 1 aromatic carbocycles. The van der Waals surface area contributed by atoms with E-state index in [0.29, 0.717) is 28.6 Å². The molecular weight excluding hydrogens is 516 g/mol. The fourth-order valence-electron chi connectivity index (χ4n) is 5.44. The maximum absolute atomic E-state index is 12.9. The number of rotatable bonds is 8. The zero-order chi connectivity index (χ0) is 27.1. The molecule has 39 heavy (non-hydrogen) atoms. The van der Waals surface area contributed by atoms with Gasteiger partial charge >= 0.3 is 0 Å². The van der Waals surface area contributed by atoms with Gasteiger partial charge in [0.1, 0.15) is 12.1 Å². The Morgan fingerprint density at radius 1 is 1.13 bits per heavy atom. The molecule has 2 aliphatic heterocycles. The molecule has 0 atom stereocenters. The molecule has 0 bridgehead atoms. The second-order valence-electron chi connectivity index (χ2n) is 10.9. The van der Waals surface area contributed by atoms with Crippen molar-refractivity contribution in [2.24, 2.45) is 5.41 Å². The number of hydrogen-bond donors (Lipinski definition) is 1. The van der Waals surface area contributed by atoms with E-state index in [9.17, 15) is 4.79 Å². The van der Waals surface area contributed by atoms with Crippen LogP contribution in [-0.2, 0) is 13.1 Å². The monoisotopic (exact) mass is 546 g/mol. The van der Waals surface area contributed by atoms with Crippen LogP contribution in [0.15, 0.2) is 49.1 Å². The number of aromatic nitrogens is 7. The Bertz CT molecular complexity index is 1480. The summed E-state index contributed by atoms with van der Waals surface area (Å²) in [6.45, 7) is 11.9. The highest BCUT2D eigenvalue weighted by molar-refractivity contribution is 6.30. The van der Waals surface area contributed by atoms with Crippen LogP contribution in [-0.4, -0.2) is 78.0 Å². The summed E-state index contributed by atoms with van der Waals surface area (Å²) in [6.07, 6.45) is 4.82. The lowest BCUT2D eigenvalue weighted by molar-refractivity contribution is -0.0414. The van der Waals surface area contributed by atoms with Crippen molar-refractivity contribution >= 4 is 23.3 Å². The highest BCUT2D eigenvalue weighted by Crippen LogP contribution is 2.42. The number of nitrogens with zero attached hydrogens (tertiary/aromatic N) is 9. The molecule has 1 N–H and O–H groups in total. The molecule has 5 heterocycles. The van der Waals surface area contributed by atoms with Gasteiger partial charge in [-0.25, -0.2) is 9.67 Å². The summed E-state index contributed by atoms with van der Waals surface area (Å²) in [5, 5.41) is 19.2. The lowest BCUT2D eigenvalue weighted by atomic mass is 9.72. The Kier molecular flexibility index (Phi) is 6.56. The number of anilines is 1. The van der Waals surface area contributed by atoms with E-state index >= 15 is 0 Å². The number of tetrazole rings is 1. The van der Waals surface area contributed by atoms with Crippen molar-refractivity contribution in [3.05, 3.63) is 76.5 Å². The standard InChI is InChI=1S/C27H31ClN10O/c1-18(2)35-13-27(14-35)15-36(16-27)25-7-4-20(19(3)32-25)11-37-12-22(10-31-37)26(39)29-9-21-8-23(28)5-6-24(21)38-17-30-33-34-38/h4-8,10,12,17-18H,9,11,13-16H2,1-3H3,(H,29,39). The van der Waals surface area contributed by atoms with E-state index in [0.717, 1.165) is 41.4 Å². The minimum atomic E-state index is -0.229. The Hall–Kier alpha value is -3.83. The first kappa shape index (κ1) is 25.4. The van der Waals surface area contributed by atoms with E-state index in [1.54, 1.807) is 29.2 Å². The highest BCUT2D eigenvalue weighted by Gasteiger charge is 2.52. The van der Waals surface area contributed by atoms with Crippen molar-refractivity contribution in [3.8, 4) is 5.69 Å². The number of pyridine rings is 1. The predicted octanol–water partition coefficient (Wildman–Crippen LogP) is 2.72. The zero-order valence-corrected chi connectivity index (χ0v) is 23.0. The Morgan fingerprint density at radius 3 is 2.67 bits per heavy atom. The average molecular weight is 547 g/mol. The summed E-state index contributed by atoms with van der Waals surface area (Å²) in [5.41, 5.74) is 4.51. The number of aryl methyl sites for hydroxylation is 1. The van der Waals surface area contributed by atoms with Crippen LogP contribution in [0.2, 0.25) is 5.02 Å². The lowest BCUT2D eigenvalue weighted by Crippen LogP contribution is -2.73. The third-order valence-corrected chi connectivity index (χ3v) is 7.90. The zero-order valence-electron chi connectivity index (χ0n) is 22.2. The van der Waals surface area contributed by atoms with Gasteiger partial charge in [-0.05, 0) is 66.6 Å². The molecule has 1 spiro atoms. The number of halogens is 1. The molecule has 4 aromatic rings. The molecule has 0 aliphatic carbocycles. The van der Waals surface area contributed by atoms with Crippen molar-refractivity contribution in [2.75, 3.05) is 31.1 Å². The molecule has 6 rings (SSSR count). The Morgan fingerprint density at radius 2 is 1.95 bits per heavy atom. The number of likely N-dealkylation sites (tertiary alicyclic amines) is 1. The van der Waals surface area contributed by atoms with Gasteiger partial charge in [-0.2, -0.15) is 5.10 Å². The van der Waals surface area contributed by atoms with E-state index in [1.165, 1.54) is 24.1 Å². The summed E-state index contributed by atoms with van der Waals surface area (Å²) in [7, 11) is 0. The van der Waals surface area contributed by atoms with Crippen LogP contribution < -0.4 is 10.2 Å². The average Bonchev–Trinajstić information content (AvgIpc) is 3.55. The van der Waals surface area contributed by atoms with Crippen molar-refractivity contribution in [1.29, 1.82) is 0 Å². The van der Waals surface area contributed by atoms with Gasteiger partial charge in [-0.3, -0.25) is 14.4 Å². The van der Waals surface area contributed by atoms with E-state index in [-0.39, 0.29) is 12.5 Å². The number of amides is 1. The maximum Gasteiger partial charge on any atom is 0.254 e. The number of benzene rings is 1.